The fraction of sp³-hybridized carbons (Fsp3) is 0.125. The van der Waals surface area contributed by atoms with Crippen molar-refractivity contribution < 1.29 is 37.1 Å². The average Bonchev–Trinajstić information content (AvgIpc) is 3.75. The molecule has 0 bridgehead atoms. The SMILES string of the molecule is CCOC(=O)C(=NNc1ccc(-n2nc(C(=O)Nc3nnc(S(N)(=O)=O)s3)c(C(=O)c3ccccc3)c2-c2ccccc2)cc1)C(=O)OCC. The molecule has 256 valence electrons. The van der Waals surface area contributed by atoms with Crippen molar-refractivity contribution in [1.29, 1.82) is 0 Å². The topological polar surface area (TPSA) is 227 Å². The van der Waals surface area contributed by atoms with E-state index in [4.69, 9.17) is 14.6 Å². The van der Waals surface area contributed by atoms with E-state index < -0.39 is 43.7 Å². The minimum absolute atomic E-state index is 0.0196. The van der Waals surface area contributed by atoms with Gasteiger partial charge in [-0.25, -0.2) is 27.8 Å². The first kappa shape index (κ1) is 35.2. The van der Waals surface area contributed by atoms with Gasteiger partial charge in [0, 0.05) is 11.1 Å². The van der Waals surface area contributed by atoms with Crippen molar-refractivity contribution >= 4 is 61.5 Å². The predicted octanol–water partition coefficient (Wildman–Crippen LogP) is 3.42. The van der Waals surface area contributed by atoms with Crippen LogP contribution in [0, 0.1) is 0 Å². The van der Waals surface area contributed by atoms with Crippen molar-refractivity contribution in [1.82, 2.24) is 20.0 Å². The van der Waals surface area contributed by atoms with Crippen molar-refractivity contribution in [3.8, 4) is 16.9 Å². The normalized spacial score (nSPS) is 10.9. The summed E-state index contributed by atoms with van der Waals surface area (Å²) >= 11 is 0.532. The first-order chi connectivity index (χ1) is 24.0. The molecule has 0 aliphatic carbocycles. The number of hydrogen-bond donors (Lipinski definition) is 3. The standard InChI is InChI=1S/C32H28N8O8S2/c1-3-47-29(43)25(30(44)48-4-2)36-35-21-15-17-22(18-16-21)40-26(19-11-7-5-8-12-19)23(27(41)20-13-9-6-10-14-20)24(39-40)28(42)34-31-37-38-32(49-31)50(33,45)46/h5-18,35H,3-4H2,1-2H3,(H2,33,45,46)(H,34,37,42). The van der Waals surface area contributed by atoms with Gasteiger partial charge in [-0.05, 0) is 38.1 Å². The largest absolute Gasteiger partial charge is 0.461 e. The molecule has 2 heterocycles. The molecule has 0 atom stereocenters. The summed E-state index contributed by atoms with van der Waals surface area (Å²) in [4.78, 5) is 52.5. The Labute approximate surface area is 289 Å². The van der Waals surface area contributed by atoms with Gasteiger partial charge in [0.05, 0.1) is 35.8 Å². The van der Waals surface area contributed by atoms with Crippen LogP contribution in [0.1, 0.15) is 40.3 Å². The zero-order valence-electron chi connectivity index (χ0n) is 26.4. The lowest BCUT2D eigenvalue weighted by atomic mass is 9.97. The van der Waals surface area contributed by atoms with Gasteiger partial charge in [-0.1, -0.05) is 72.0 Å². The zero-order chi connectivity index (χ0) is 35.8. The number of hydrogen-bond acceptors (Lipinski definition) is 14. The molecule has 0 spiro atoms. The Balaban J connectivity index is 1.60. The lowest BCUT2D eigenvalue weighted by molar-refractivity contribution is -0.140. The van der Waals surface area contributed by atoms with Gasteiger partial charge in [-0.3, -0.25) is 20.3 Å². The highest BCUT2D eigenvalue weighted by atomic mass is 32.2. The second-order valence-electron chi connectivity index (χ2n) is 9.98. The van der Waals surface area contributed by atoms with Crippen molar-refractivity contribution in [2.45, 2.75) is 18.2 Å². The van der Waals surface area contributed by atoms with E-state index in [1.165, 1.54) is 4.68 Å². The van der Waals surface area contributed by atoms with E-state index in [0.717, 1.165) is 0 Å². The van der Waals surface area contributed by atoms with E-state index in [1.54, 1.807) is 98.8 Å². The van der Waals surface area contributed by atoms with Gasteiger partial charge in [0.2, 0.25) is 9.47 Å². The summed E-state index contributed by atoms with van der Waals surface area (Å²) in [5, 5.41) is 23.1. The minimum atomic E-state index is -4.18. The predicted molar refractivity (Wildman–Crippen MR) is 182 cm³/mol. The lowest BCUT2D eigenvalue weighted by Crippen LogP contribution is -2.29. The number of rotatable bonds is 13. The smallest absolute Gasteiger partial charge is 0.366 e. The second kappa shape index (κ2) is 15.4. The average molecular weight is 717 g/mol. The van der Waals surface area contributed by atoms with Crippen LogP contribution >= 0.6 is 11.3 Å². The number of aromatic nitrogens is 4. The summed E-state index contributed by atoms with van der Waals surface area (Å²) in [6.45, 7) is 3.21. The molecule has 0 aliphatic heterocycles. The number of nitrogens with two attached hydrogens (primary N) is 1. The van der Waals surface area contributed by atoms with Crippen molar-refractivity contribution in [2.24, 2.45) is 10.2 Å². The number of sulfonamides is 1. The number of amides is 1. The number of nitrogens with zero attached hydrogens (tertiary/aromatic N) is 5. The van der Waals surface area contributed by atoms with Crippen LogP contribution in [0.5, 0.6) is 0 Å². The summed E-state index contributed by atoms with van der Waals surface area (Å²) < 4.78 is 34.2. The van der Waals surface area contributed by atoms with Gasteiger partial charge in [0.25, 0.3) is 21.6 Å². The molecular weight excluding hydrogens is 689 g/mol. The third-order valence-electron chi connectivity index (χ3n) is 6.63. The van der Waals surface area contributed by atoms with Gasteiger partial charge < -0.3 is 9.47 Å². The first-order valence-electron chi connectivity index (χ1n) is 14.8. The number of esters is 2. The Bertz CT molecular complexity index is 2160. The zero-order valence-corrected chi connectivity index (χ0v) is 28.0. The van der Waals surface area contributed by atoms with Gasteiger partial charge >= 0.3 is 11.9 Å². The molecule has 0 saturated carbocycles. The van der Waals surface area contributed by atoms with Crippen LogP contribution in [0.2, 0.25) is 0 Å². The molecule has 5 aromatic rings. The number of primary sulfonamides is 1. The fourth-order valence-corrected chi connectivity index (χ4v) is 5.81. The highest BCUT2D eigenvalue weighted by Gasteiger charge is 2.31. The Morgan fingerprint density at radius 2 is 1.46 bits per heavy atom. The summed E-state index contributed by atoms with van der Waals surface area (Å²) in [5.41, 5.74) is 3.59. The van der Waals surface area contributed by atoms with Crippen LogP contribution in [0.3, 0.4) is 0 Å². The number of benzene rings is 3. The number of carbonyl (C=O) groups is 4. The molecule has 1 amide bonds. The van der Waals surface area contributed by atoms with Crippen LogP contribution in [-0.4, -0.2) is 71.0 Å². The van der Waals surface area contributed by atoms with Crippen LogP contribution in [-0.2, 0) is 29.1 Å². The second-order valence-corrected chi connectivity index (χ2v) is 12.7. The highest BCUT2D eigenvalue weighted by molar-refractivity contribution is 7.91. The summed E-state index contributed by atoms with van der Waals surface area (Å²) in [6.07, 6.45) is 0. The third kappa shape index (κ3) is 7.95. The fourth-order valence-electron chi connectivity index (χ4n) is 4.48. The molecule has 0 aliphatic rings. The monoisotopic (exact) mass is 716 g/mol. The lowest BCUT2D eigenvalue weighted by Gasteiger charge is -2.11. The van der Waals surface area contributed by atoms with Gasteiger partial charge in [-0.15, -0.1) is 10.2 Å². The summed E-state index contributed by atoms with van der Waals surface area (Å²) in [6, 6.07) is 23.4. The number of ether oxygens (including phenoxy) is 2. The van der Waals surface area contributed by atoms with Gasteiger partial charge in [0.15, 0.2) is 11.5 Å². The maximum Gasteiger partial charge on any atom is 0.366 e. The Kier molecular flexibility index (Phi) is 10.8. The number of anilines is 2. The van der Waals surface area contributed by atoms with E-state index in [-0.39, 0.29) is 40.9 Å². The molecule has 0 radical (unpaired) electrons. The molecule has 3 aromatic carbocycles. The molecule has 0 fully saturated rings. The van der Waals surface area contributed by atoms with Crippen molar-refractivity contribution in [3.63, 3.8) is 0 Å². The Morgan fingerprint density at radius 3 is 2.02 bits per heavy atom. The number of carbonyl (C=O) groups excluding carboxylic acids is 4. The maximum atomic E-state index is 14.1. The first-order valence-corrected chi connectivity index (χ1v) is 17.1. The quantitative estimate of drug-likeness (QED) is 0.0398. The Hall–Kier alpha value is -6.11. The molecule has 50 heavy (non-hydrogen) atoms. The number of ketones is 1. The summed E-state index contributed by atoms with van der Waals surface area (Å²) in [7, 11) is -4.18. The summed E-state index contributed by atoms with van der Waals surface area (Å²) in [5.74, 6) is -3.30. The number of hydrazone groups is 1. The van der Waals surface area contributed by atoms with Crippen molar-refractivity contribution in [2.75, 3.05) is 24.0 Å². The van der Waals surface area contributed by atoms with E-state index in [1.807, 2.05) is 0 Å². The van der Waals surface area contributed by atoms with E-state index in [0.29, 0.717) is 28.3 Å². The van der Waals surface area contributed by atoms with E-state index in [2.05, 4.69) is 31.1 Å². The molecule has 4 N–H and O–H groups in total. The molecule has 18 heteroatoms. The third-order valence-corrected chi connectivity index (χ3v) is 8.78. The van der Waals surface area contributed by atoms with Gasteiger partial charge in [-0.2, -0.15) is 10.2 Å². The van der Waals surface area contributed by atoms with E-state index >= 15 is 0 Å². The molecule has 5 rings (SSSR count). The molecule has 0 unspecified atom stereocenters. The highest BCUT2D eigenvalue weighted by Crippen LogP contribution is 2.32. The molecular formula is C32H28N8O8S2. The van der Waals surface area contributed by atoms with Crippen LogP contribution in [0.4, 0.5) is 10.8 Å². The van der Waals surface area contributed by atoms with Crippen LogP contribution in [0.25, 0.3) is 16.9 Å². The maximum absolute atomic E-state index is 14.1. The van der Waals surface area contributed by atoms with Crippen LogP contribution < -0.4 is 15.9 Å². The molecule has 2 aromatic heterocycles. The van der Waals surface area contributed by atoms with Gasteiger partial charge in [0.1, 0.15) is 0 Å². The molecule has 16 nitrogen and oxygen atoms in total. The Morgan fingerprint density at radius 1 is 0.860 bits per heavy atom. The van der Waals surface area contributed by atoms with Crippen molar-refractivity contribution in [3.05, 3.63) is 102 Å². The number of nitrogens with one attached hydrogen (secondary N) is 2. The minimum Gasteiger partial charge on any atom is -0.461 e. The molecule has 0 saturated heterocycles. The van der Waals surface area contributed by atoms with E-state index in [9.17, 15) is 27.6 Å². The van der Waals surface area contributed by atoms with Crippen LogP contribution in [0.15, 0.2) is 94.4 Å².